The summed E-state index contributed by atoms with van der Waals surface area (Å²) in [7, 11) is -4.21. The average molecular weight is 432 g/mol. The molecule has 144 valence electrons. The molecule has 0 aliphatic rings. The number of hydrogen-bond donors (Lipinski definition) is 2. The highest BCUT2D eigenvalue weighted by molar-refractivity contribution is 7.89. The van der Waals surface area contributed by atoms with E-state index >= 15 is 0 Å². The normalized spacial score (nSPS) is 12.4. The molecule has 8 nitrogen and oxygen atoms in total. The number of nitro groups is 1. The number of nitrogens with zero attached hydrogens (tertiary/aromatic N) is 1. The molecule has 1 amide bonds. The largest absolute Gasteiger partial charge is 0.326 e. The third kappa shape index (κ3) is 5.16. The van der Waals surface area contributed by atoms with Gasteiger partial charge >= 0.3 is 0 Å². The van der Waals surface area contributed by atoms with Crippen molar-refractivity contribution in [3.63, 3.8) is 0 Å². The summed E-state index contributed by atoms with van der Waals surface area (Å²) in [6.45, 7) is 2.93. The first-order valence-corrected chi connectivity index (χ1v) is 9.78. The van der Waals surface area contributed by atoms with Gasteiger partial charge in [0.2, 0.25) is 15.9 Å². The maximum absolute atomic E-state index is 12.7. The summed E-state index contributed by atoms with van der Waals surface area (Å²) < 4.78 is 27.8. The van der Waals surface area contributed by atoms with E-state index in [1.54, 1.807) is 31.2 Å². The molecule has 0 fully saturated rings. The fourth-order valence-electron chi connectivity index (χ4n) is 2.30. The minimum absolute atomic E-state index is 0.244. The van der Waals surface area contributed by atoms with Crippen molar-refractivity contribution in [1.82, 2.24) is 4.72 Å². The summed E-state index contributed by atoms with van der Waals surface area (Å²) >= 11 is 11.8. The van der Waals surface area contributed by atoms with Crippen LogP contribution in [0.15, 0.2) is 41.3 Å². The predicted molar refractivity (Wildman–Crippen MR) is 103 cm³/mol. The Labute approximate surface area is 165 Å². The summed E-state index contributed by atoms with van der Waals surface area (Å²) in [4.78, 5) is 20.9. The number of sulfonamides is 1. The number of nitro benzene ring substituents is 1. The highest BCUT2D eigenvalue weighted by Crippen LogP contribution is 2.34. The van der Waals surface area contributed by atoms with Gasteiger partial charge in [0.1, 0.15) is 4.90 Å². The molecule has 0 bridgehead atoms. The van der Waals surface area contributed by atoms with Crippen LogP contribution in [0.3, 0.4) is 0 Å². The van der Waals surface area contributed by atoms with Crippen molar-refractivity contribution in [3.8, 4) is 0 Å². The number of rotatable bonds is 6. The van der Waals surface area contributed by atoms with Crippen LogP contribution in [0.2, 0.25) is 10.0 Å². The number of carbonyl (C=O) groups excluding carboxylic acids is 1. The molecule has 0 aromatic heterocycles. The highest BCUT2D eigenvalue weighted by atomic mass is 35.5. The standard InChI is InChI=1S/C16H15Cl2N3O5S/c1-9(11-4-3-5-12(6-11)19-10(2)22)20-27(25,26)15-8-13(21(23)24)7-14(17)16(15)18/h3-9,20H,1-2H3,(H,19,22)/t9-/m1/s1. The van der Waals surface area contributed by atoms with Crippen LogP contribution in [-0.4, -0.2) is 19.2 Å². The molecule has 0 saturated heterocycles. The van der Waals surface area contributed by atoms with Gasteiger partial charge in [-0.3, -0.25) is 14.9 Å². The molecule has 1 atom stereocenters. The first-order valence-electron chi connectivity index (χ1n) is 7.54. The van der Waals surface area contributed by atoms with Crippen LogP contribution in [-0.2, 0) is 14.8 Å². The topological polar surface area (TPSA) is 118 Å². The van der Waals surface area contributed by atoms with Crippen molar-refractivity contribution in [2.45, 2.75) is 24.8 Å². The van der Waals surface area contributed by atoms with Crippen molar-refractivity contribution in [2.75, 3.05) is 5.32 Å². The Morgan fingerprint density at radius 2 is 1.89 bits per heavy atom. The minimum Gasteiger partial charge on any atom is -0.326 e. The molecule has 0 unspecified atom stereocenters. The Balaban J connectivity index is 2.36. The van der Waals surface area contributed by atoms with Gasteiger partial charge in [-0.15, -0.1) is 0 Å². The average Bonchev–Trinajstić information content (AvgIpc) is 2.56. The molecule has 0 radical (unpaired) electrons. The van der Waals surface area contributed by atoms with Crippen LogP contribution in [0.1, 0.15) is 25.5 Å². The molecule has 0 aliphatic heterocycles. The molecule has 11 heteroatoms. The third-order valence-electron chi connectivity index (χ3n) is 3.52. The highest BCUT2D eigenvalue weighted by Gasteiger charge is 2.26. The summed E-state index contributed by atoms with van der Waals surface area (Å²) in [5.74, 6) is -0.265. The van der Waals surface area contributed by atoms with E-state index in [1.807, 2.05) is 0 Å². The number of benzene rings is 2. The van der Waals surface area contributed by atoms with Crippen LogP contribution < -0.4 is 10.0 Å². The minimum atomic E-state index is -4.21. The second kappa shape index (κ2) is 8.22. The van der Waals surface area contributed by atoms with E-state index in [-0.39, 0.29) is 16.0 Å². The predicted octanol–water partition coefficient (Wildman–Crippen LogP) is 3.90. The van der Waals surface area contributed by atoms with Crippen molar-refractivity contribution in [1.29, 1.82) is 0 Å². The van der Waals surface area contributed by atoms with E-state index in [4.69, 9.17) is 23.2 Å². The number of anilines is 1. The maximum Gasteiger partial charge on any atom is 0.272 e. The van der Waals surface area contributed by atoms with Gasteiger partial charge in [0.15, 0.2) is 0 Å². The Hall–Kier alpha value is -2.20. The van der Waals surface area contributed by atoms with Crippen LogP contribution in [0.5, 0.6) is 0 Å². The van der Waals surface area contributed by atoms with E-state index in [1.165, 1.54) is 6.92 Å². The zero-order chi connectivity index (χ0) is 20.4. The Bertz CT molecular complexity index is 1010. The van der Waals surface area contributed by atoms with E-state index in [2.05, 4.69) is 10.0 Å². The fraction of sp³-hybridized carbons (Fsp3) is 0.188. The maximum atomic E-state index is 12.7. The third-order valence-corrected chi connectivity index (χ3v) is 6.00. The van der Waals surface area contributed by atoms with Crippen LogP contribution in [0.25, 0.3) is 0 Å². The van der Waals surface area contributed by atoms with Crippen LogP contribution in [0.4, 0.5) is 11.4 Å². The molecule has 2 rings (SSSR count). The van der Waals surface area contributed by atoms with Gasteiger partial charge in [0, 0.05) is 30.8 Å². The summed E-state index contributed by atoms with van der Waals surface area (Å²) in [6.07, 6.45) is 0. The molecule has 0 spiro atoms. The van der Waals surface area contributed by atoms with E-state index < -0.39 is 31.6 Å². The van der Waals surface area contributed by atoms with Gasteiger partial charge < -0.3 is 5.32 Å². The van der Waals surface area contributed by atoms with E-state index in [9.17, 15) is 23.3 Å². The molecule has 0 aliphatic carbocycles. The number of nitrogens with one attached hydrogen (secondary N) is 2. The number of amides is 1. The van der Waals surface area contributed by atoms with Gasteiger partial charge in [-0.05, 0) is 24.6 Å². The SMILES string of the molecule is CC(=O)Nc1cccc([C@@H](C)NS(=O)(=O)c2cc([N+](=O)[O-])cc(Cl)c2Cl)c1. The Kier molecular flexibility index (Phi) is 6.42. The van der Waals surface area contributed by atoms with Crippen LogP contribution in [0, 0.1) is 10.1 Å². The van der Waals surface area contributed by atoms with Gasteiger partial charge in [-0.25, -0.2) is 13.1 Å². The van der Waals surface area contributed by atoms with Gasteiger partial charge in [0.05, 0.1) is 15.0 Å². The zero-order valence-electron chi connectivity index (χ0n) is 14.2. The molecule has 2 N–H and O–H groups in total. The molecule has 2 aromatic rings. The fourth-order valence-corrected chi connectivity index (χ4v) is 4.34. The zero-order valence-corrected chi connectivity index (χ0v) is 16.5. The van der Waals surface area contributed by atoms with Gasteiger partial charge in [0.25, 0.3) is 5.69 Å². The number of carbonyl (C=O) groups is 1. The second-order valence-corrected chi connectivity index (χ2v) is 8.11. The Morgan fingerprint density at radius 1 is 1.22 bits per heavy atom. The first-order chi connectivity index (χ1) is 12.5. The summed E-state index contributed by atoms with van der Waals surface area (Å²) in [5.41, 5.74) is 0.574. The molecule has 27 heavy (non-hydrogen) atoms. The first kappa shape index (κ1) is 21.1. The Morgan fingerprint density at radius 3 is 2.48 bits per heavy atom. The quantitative estimate of drug-likeness (QED) is 0.530. The molecular weight excluding hydrogens is 417 g/mol. The lowest BCUT2D eigenvalue weighted by molar-refractivity contribution is -0.385. The number of halogens is 2. The smallest absolute Gasteiger partial charge is 0.272 e. The number of hydrogen-bond acceptors (Lipinski definition) is 5. The van der Waals surface area contributed by atoms with Crippen molar-refractivity contribution < 1.29 is 18.1 Å². The lowest BCUT2D eigenvalue weighted by Gasteiger charge is -2.16. The van der Waals surface area contributed by atoms with Crippen molar-refractivity contribution in [2.24, 2.45) is 0 Å². The monoisotopic (exact) mass is 431 g/mol. The lowest BCUT2D eigenvalue weighted by Crippen LogP contribution is -2.27. The van der Waals surface area contributed by atoms with E-state index in [0.717, 1.165) is 12.1 Å². The molecular formula is C16H15Cl2N3O5S. The van der Waals surface area contributed by atoms with Gasteiger partial charge in [-0.1, -0.05) is 35.3 Å². The number of non-ortho nitro benzene ring substituents is 1. The second-order valence-electron chi connectivity index (χ2n) is 5.65. The lowest BCUT2D eigenvalue weighted by atomic mass is 10.1. The molecule has 0 saturated carbocycles. The van der Waals surface area contributed by atoms with Gasteiger partial charge in [-0.2, -0.15) is 0 Å². The summed E-state index contributed by atoms with van der Waals surface area (Å²) in [6, 6.07) is 7.70. The summed E-state index contributed by atoms with van der Waals surface area (Å²) in [5, 5.41) is 13.0. The van der Waals surface area contributed by atoms with Crippen molar-refractivity contribution in [3.05, 3.63) is 62.1 Å². The van der Waals surface area contributed by atoms with E-state index in [0.29, 0.717) is 11.3 Å². The van der Waals surface area contributed by atoms with Crippen LogP contribution >= 0.6 is 23.2 Å². The molecule has 0 heterocycles. The van der Waals surface area contributed by atoms with Crippen molar-refractivity contribution >= 4 is 50.5 Å². The molecule has 2 aromatic carbocycles.